The number of aryl methyl sites for hydroxylation is 1. The molecule has 0 atom stereocenters. The number of nitrogens with two attached hydrogens (primary N) is 1. The topological polar surface area (TPSA) is 56.2 Å². The van der Waals surface area contributed by atoms with Crippen LogP contribution in [-0.2, 0) is 6.18 Å². The number of hydrogen-bond donors (Lipinski definition) is 1. The largest absolute Gasteiger partial charge is 0.435 e. The molecule has 108 valence electrons. The molecule has 0 fully saturated rings. The first-order valence-electron chi connectivity index (χ1n) is 6.15. The van der Waals surface area contributed by atoms with Gasteiger partial charge in [-0.3, -0.25) is 0 Å². The zero-order valence-electron chi connectivity index (χ0n) is 11.0. The highest BCUT2D eigenvalue weighted by Gasteiger charge is 2.34. The van der Waals surface area contributed by atoms with Crippen molar-refractivity contribution < 1.29 is 13.2 Å². The normalized spacial score (nSPS) is 12.0. The van der Waals surface area contributed by atoms with E-state index in [0.29, 0.717) is 5.69 Å². The Bertz CT molecular complexity index is 821. The Morgan fingerprint density at radius 2 is 1.90 bits per heavy atom. The molecule has 2 aromatic heterocycles. The second-order valence-electron chi connectivity index (χ2n) is 4.73. The van der Waals surface area contributed by atoms with Gasteiger partial charge in [-0.1, -0.05) is 23.8 Å². The first-order chi connectivity index (χ1) is 9.84. The van der Waals surface area contributed by atoms with Gasteiger partial charge >= 0.3 is 6.18 Å². The molecular weight excluding hydrogens is 281 g/mol. The van der Waals surface area contributed by atoms with Gasteiger partial charge in [-0.05, 0) is 13.0 Å². The summed E-state index contributed by atoms with van der Waals surface area (Å²) in [4.78, 5) is 3.90. The maximum atomic E-state index is 12.8. The Labute approximate surface area is 118 Å². The summed E-state index contributed by atoms with van der Waals surface area (Å²) < 4.78 is 39.5. The van der Waals surface area contributed by atoms with E-state index in [0.717, 1.165) is 21.7 Å². The molecule has 21 heavy (non-hydrogen) atoms. The molecule has 2 heterocycles. The van der Waals surface area contributed by atoms with Crippen molar-refractivity contribution in [1.29, 1.82) is 0 Å². The van der Waals surface area contributed by atoms with Crippen LogP contribution >= 0.6 is 0 Å². The first-order valence-corrected chi connectivity index (χ1v) is 6.15. The fraction of sp³-hybridized carbons (Fsp3) is 0.143. The van der Waals surface area contributed by atoms with E-state index in [1.165, 1.54) is 6.07 Å². The lowest BCUT2D eigenvalue weighted by molar-refractivity contribution is -0.141. The first kappa shape index (κ1) is 13.4. The van der Waals surface area contributed by atoms with Crippen molar-refractivity contribution in [2.24, 2.45) is 0 Å². The average Bonchev–Trinajstić information content (AvgIpc) is 2.81. The Balaban J connectivity index is 2.29. The second kappa shape index (κ2) is 4.47. The SMILES string of the molecule is Cc1cccc(-c2cc(N)nc3cc(C(F)(F)F)nn23)c1. The lowest BCUT2D eigenvalue weighted by atomic mass is 10.1. The van der Waals surface area contributed by atoms with E-state index in [2.05, 4.69) is 10.1 Å². The fourth-order valence-corrected chi connectivity index (χ4v) is 2.14. The molecule has 0 aliphatic carbocycles. The fourth-order valence-electron chi connectivity index (χ4n) is 2.14. The number of halogens is 3. The van der Waals surface area contributed by atoms with Crippen LogP contribution in [0.4, 0.5) is 19.0 Å². The van der Waals surface area contributed by atoms with Crippen LogP contribution < -0.4 is 5.73 Å². The predicted molar refractivity (Wildman–Crippen MR) is 72.6 cm³/mol. The molecule has 0 bridgehead atoms. The molecule has 0 unspecified atom stereocenters. The Morgan fingerprint density at radius 3 is 2.57 bits per heavy atom. The van der Waals surface area contributed by atoms with Gasteiger partial charge in [0.1, 0.15) is 5.82 Å². The lowest BCUT2D eigenvalue weighted by Gasteiger charge is -2.07. The molecule has 2 N–H and O–H groups in total. The number of hydrogen-bond acceptors (Lipinski definition) is 3. The summed E-state index contributed by atoms with van der Waals surface area (Å²) in [6.07, 6.45) is -4.52. The maximum Gasteiger partial charge on any atom is 0.435 e. The third-order valence-electron chi connectivity index (χ3n) is 3.05. The molecule has 0 saturated heterocycles. The zero-order chi connectivity index (χ0) is 15.2. The molecule has 0 amide bonds. The van der Waals surface area contributed by atoms with Crippen LogP contribution in [0.25, 0.3) is 16.9 Å². The summed E-state index contributed by atoms with van der Waals surface area (Å²) >= 11 is 0. The minimum absolute atomic E-state index is 0.0684. The highest BCUT2D eigenvalue weighted by Crippen LogP contribution is 2.30. The van der Waals surface area contributed by atoms with E-state index >= 15 is 0 Å². The van der Waals surface area contributed by atoms with Crippen LogP contribution in [0.5, 0.6) is 0 Å². The molecule has 0 saturated carbocycles. The van der Waals surface area contributed by atoms with E-state index < -0.39 is 11.9 Å². The predicted octanol–water partition coefficient (Wildman–Crippen LogP) is 3.31. The van der Waals surface area contributed by atoms with Crippen LogP contribution in [-0.4, -0.2) is 14.6 Å². The van der Waals surface area contributed by atoms with Gasteiger partial charge in [0.05, 0.1) is 5.69 Å². The number of benzene rings is 1. The van der Waals surface area contributed by atoms with Crippen LogP contribution in [0.15, 0.2) is 36.4 Å². The van der Waals surface area contributed by atoms with Gasteiger partial charge in [0.25, 0.3) is 0 Å². The second-order valence-corrected chi connectivity index (χ2v) is 4.73. The van der Waals surface area contributed by atoms with E-state index in [1.54, 1.807) is 6.07 Å². The van der Waals surface area contributed by atoms with Crippen LogP contribution in [0.2, 0.25) is 0 Å². The lowest BCUT2D eigenvalue weighted by Crippen LogP contribution is -2.06. The van der Waals surface area contributed by atoms with E-state index in [-0.39, 0.29) is 11.5 Å². The van der Waals surface area contributed by atoms with E-state index in [9.17, 15) is 13.2 Å². The summed E-state index contributed by atoms with van der Waals surface area (Å²) in [5, 5.41) is 3.60. The summed E-state index contributed by atoms with van der Waals surface area (Å²) in [7, 11) is 0. The number of aromatic nitrogens is 3. The monoisotopic (exact) mass is 292 g/mol. The van der Waals surface area contributed by atoms with Crippen LogP contribution in [0.1, 0.15) is 11.3 Å². The van der Waals surface area contributed by atoms with Gasteiger partial charge in [0.2, 0.25) is 0 Å². The van der Waals surface area contributed by atoms with Gasteiger partial charge in [0.15, 0.2) is 11.3 Å². The molecule has 0 aliphatic rings. The molecule has 0 spiro atoms. The molecule has 7 heteroatoms. The van der Waals surface area contributed by atoms with Crippen molar-refractivity contribution in [3.05, 3.63) is 47.7 Å². The van der Waals surface area contributed by atoms with E-state index in [4.69, 9.17) is 5.73 Å². The molecule has 0 aliphatic heterocycles. The van der Waals surface area contributed by atoms with Crippen molar-refractivity contribution in [3.63, 3.8) is 0 Å². The van der Waals surface area contributed by atoms with E-state index in [1.807, 2.05) is 25.1 Å². The van der Waals surface area contributed by atoms with Crippen molar-refractivity contribution >= 4 is 11.5 Å². The molecule has 4 nitrogen and oxygen atoms in total. The standard InChI is InChI=1S/C14H11F3N4/c1-8-3-2-4-9(5-8)10-6-12(18)19-13-7-11(14(15,16)17)20-21(10)13/h2-7H,1H3,(H2,18,19). The van der Waals surface area contributed by atoms with Crippen LogP contribution in [0, 0.1) is 6.92 Å². The smallest absolute Gasteiger partial charge is 0.384 e. The maximum absolute atomic E-state index is 12.8. The summed E-state index contributed by atoms with van der Waals surface area (Å²) in [6.45, 7) is 1.90. The highest BCUT2D eigenvalue weighted by molar-refractivity contribution is 5.67. The quantitative estimate of drug-likeness (QED) is 0.748. The number of rotatable bonds is 1. The third-order valence-corrected chi connectivity index (χ3v) is 3.05. The molecular formula is C14H11F3N4. The molecule has 3 rings (SSSR count). The number of anilines is 1. The molecule has 1 aromatic carbocycles. The Hall–Kier alpha value is -2.57. The minimum Gasteiger partial charge on any atom is -0.384 e. The number of alkyl halides is 3. The molecule has 0 radical (unpaired) electrons. The zero-order valence-corrected chi connectivity index (χ0v) is 11.0. The number of nitrogens with zero attached hydrogens (tertiary/aromatic N) is 3. The van der Waals surface area contributed by atoms with Crippen molar-refractivity contribution in [3.8, 4) is 11.3 Å². The van der Waals surface area contributed by atoms with Gasteiger partial charge < -0.3 is 5.73 Å². The van der Waals surface area contributed by atoms with Crippen molar-refractivity contribution in [2.45, 2.75) is 13.1 Å². The summed E-state index contributed by atoms with van der Waals surface area (Å²) in [5.41, 5.74) is 6.94. The number of nitrogen functional groups attached to an aromatic ring is 1. The van der Waals surface area contributed by atoms with Crippen LogP contribution in [0.3, 0.4) is 0 Å². The van der Waals surface area contributed by atoms with Gasteiger partial charge in [-0.15, -0.1) is 0 Å². The van der Waals surface area contributed by atoms with Gasteiger partial charge in [-0.25, -0.2) is 9.50 Å². The average molecular weight is 292 g/mol. The van der Waals surface area contributed by atoms with Crippen molar-refractivity contribution in [2.75, 3.05) is 5.73 Å². The minimum atomic E-state index is -4.52. The Kier molecular flexibility index (Phi) is 2.86. The van der Waals surface area contributed by atoms with Gasteiger partial charge in [0, 0.05) is 17.7 Å². The number of fused-ring (bicyclic) bond motifs is 1. The van der Waals surface area contributed by atoms with Crippen molar-refractivity contribution in [1.82, 2.24) is 14.6 Å². The highest BCUT2D eigenvalue weighted by atomic mass is 19.4. The Morgan fingerprint density at radius 1 is 1.14 bits per heavy atom. The molecule has 3 aromatic rings. The summed E-state index contributed by atoms with van der Waals surface area (Å²) in [6, 6.07) is 9.75. The third kappa shape index (κ3) is 2.42. The van der Waals surface area contributed by atoms with Gasteiger partial charge in [-0.2, -0.15) is 18.3 Å². The summed E-state index contributed by atoms with van der Waals surface area (Å²) in [5.74, 6) is 0.146.